The van der Waals surface area contributed by atoms with Gasteiger partial charge < -0.3 is 19.9 Å². The average molecular weight is 295 g/mol. The highest BCUT2D eigenvalue weighted by molar-refractivity contribution is 5.79. The Labute approximate surface area is 124 Å². The molecule has 1 atom stereocenters. The first kappa shape index (κ1) is 17.0. The van der Waals surface area contributed by atoms with Crippen LogP contribution in [0.25, 0.3) is 0 Å². The number of benzene rings is 1. The maximum Gasteiger partial charge on any atom is 0.336 e. The molecule has 116 valence electrons. The molecule has 1 amide bonds. The third-order valence-electron chi connectivity index (χ3n) is 2.92. The fourth-order valence-electron chi connectivity index (χ4n) is 2.01. The van der Waals surface area contributed by atoms with Gasteiger partial charge in [-0.15, -0.1) is 0 Å². The van der Waals surface area contributed by atoms with Crippen LogP contribution < -0.4 is 10.1 Å². The fourth-order valence-corrected chi connectivity index (χ4v) is 2.01. The molecule has 1 aromatic rings. The summed E-state index contributed by atoms with van der Waals surface area (Å²) in [5.74, 6) is -0.539. The molecule has 0 aliphatic rings. The number of esters is 1. The van der Waals surface area contributed by atoms with Crippen LogP contribution in [0.1, 0.15) is 16.7 Å². The van der Waals surface area contributed by atoms with Crippen molar-refractivity contribution >= 4 is 11.9 Å². The molecular formula is C15H21NO5. The van der Waals surface area contributed by atoms with E-state index >= 15 is 0 Å². The first-order chi connectivity index (χ1) is 9.85. The summed E-state index contributed by atoms with van der Waals surface area (Å²) in [7, 11) is 1.17. The van der Waals surface area contributed by atoms with Gasteiger partial charge in [0.05, 0.1) is 13.7 Å². The molecule has 6 nitrogen and oxygen atoms in total. The van der Waals surface area contributed by atoms with E-state index in [1.165, 1.54) is 7.11 Å². The van der Waals surface area contributed by atoms with Crippen molar-refractivity contribution in [1.82, 2.24) is 5.32 Å². The number of carbonyl (C=O) groups excluding carboxylic acids is 2. The van der Waals surface area contributed by atoms with Crippen LogP contribution in [0.5, 0.6) is 5.75 Å². The van der Waals surface area contributed by atoms with Gasteiger partial charge in [0.1, 0.15) is 5.75 Å². The predicted molar refractivity (Wildman–Crippen MR) is 77.2 cm³/mol. The molecule has 0 bridgehead atoms. The predicted octanol–water partition coefficient (Wildman–Crippen LogP) is 0.641. The zero-order valence-electron chi connectivity index (χ0n) is 12.7. The molecule has 0 aromatic heterocycles. The van der Waals surface area contributed by atoms with Gasteiger partial charge in [0.25, 0.3) is 5.91 Å². The minimum absolute atomic E-state index is 0.182. The summed E-state index contributed by atoms with van der Waals surface area (Å²) in [4.78, 5) is 22.6. The molecule has 0 spiro atoms. The van der Waals surface area contributed by atoms with E-state index in [0.717, 1.165) is 16.7 Å². The minimum atomic E-state index is -1.37. The second-order valence-corrected chi connectivity index (χ2v) is 4.86. The van der Waals surface area contributed by atoms with E-state index in [9.17, 15) is 14.7 Å². The zero-order chi connectivity index (χ0) is 16.0. The lowest BCUT2D eigenvalue weighted by atomic mass is 10.1. The maximum atomic E-state index is 11.6. The molecule has 0 saturated heterocycles. The summed E-state index contributed by atoms with van der Waals surface area (Å²) >= 11 is 0. The number of aliphatic hydroxyl groups excluding tert-OH is 1. The molecular weight excluding hydrogens is 274 g/mol. The quantitative estimate of drug-likeness (QED) is 0.752. The van der Waals surface area contributed by atoms with Crippen molar-refractivity contribution in [2.45, 2.75) is 26.9 Å². The number of methoxy groups -OCH3 is 1. The number of amides is 1. The number of carbonyl (C=O) groups is 2. The molecule has 0 fully saturated rings. The number of nitrogens with one attached hydrogen (secondary N) is 1. The van der Waals surface area contributed by atoms with Gasteiger partial charge in [-0.1, -0.05) is 17.7 Å². The SMILES string of the molecule is COC(=O)C(O)CNC(=O)COc1c(C)cc(C)cc1C. The molecule has 2 N–H and O–H groups in total. The number of aliphatic hydroxyl groups is 1. The van der Waals surface area contributed by atoms with Crippen LogP contribution in [0.2, 0.25) is 0 Å². The fraction of sp³-hybridized carbons (Fsp3) is 0.467. The normalized spacial score (nSPS) is 11.7. The first-order valence-corrected chi connectivity index (χ1v) is 6.58. The van der Waals surface area contributed by atoms with Crippen molar-refractivity contribution in [1.29, 1.82) is 0 Å². The van der Waals surface area contributed by atoms with Crippen LogP contribution in [0, 0.1) is 20.8 Å². The van der Waals surface area contributed by atoms with Crippen molar-refractivity contribution in [2.24, 2.45) is 0 Å². The van der Waals surface area contributed by atoms with Crippen molar-refractivity contribution in [2.75, 3.05) is 20.3 Å². The van der Waals surface area contributed by atoms with Crippen molar-refractivity contribution in [3.8, 4) is 5.75 Å². The van der Waals surface area contributed by atoms with Crippen molar-refractivity contribution in [3.05, 3.63) is 28.8 Å². The minimum Gasteiger partial charge on any atom is -0.483 e. The van der Waals surface area contributed by atoms with E-state index in [2.05, 4.69) is 10.1 Å². The van der Waals surface area contributed by atoms with E-state index in [1.807, 2.05) is 32.9 Å². The Bertz CT molecular complexity index is 504. The molecule has 1 unspecified atom stereocenters. The van der Waals surface area contributed by atoms with Gasteiger partial charge in [-0.2, -0.15) is 0 Å². The molecule has 6 heteroatoms. The second-order valence-electron chi connectivity index (χ2n) is 4.86. The third-order valence-corrected chi connectivity index (χ3v) is 2.92. The summed E-state index contributed by atoms with van der Waals surface area (Å²) in [5, 5.41) is 11.7. The number of rotatable bonds is 6. The monoisotopic (exact) mass is 295 g/mol. The van der Waals surface area contributed by atoms with E-state index in [0.29, 0.717) is 5.75 Å². The van der Waals surface area contributed by atoms with E-state index < -0.39 is 18.0 Å². The van der Waals surface area contributed by atoms with Gasteiger partial charge in [0.2, 0.25) is 0 Å². The number of aryl methyl sites for hydroxylation is 3. The van der Waals surface area contributed by atoms with E-state index in [1.54, 1.807) is 0 Å². The summed E-state index contributed by atoms with van der Waals surface area (Å²) < 4.78 is 9.84. The second kappa shape index (κ2) is 7.64. The molecule has 1 rings (SSSR count). The molecule has 0 aliphatic heterocycles. The lowest BCUT2D eigenvalue weighted by Crippen LogP contribution is -2.39. The van der Waals surface area contributed by atoms with Crippen LogP contribution >= 0.6 is 0 Å². The summed E-state index contributed by atoms with van der Waals surface area (Å²) in [6.07, 6.45) is -1.37. The van der Waals surface area contributed by atoms with Crippen LogP contribution in [0.4, 0.5) is 0 Å². The standard InChI is InChI=1S/C15H21NO5/c1-9-5-10(2)14(11(3)6-9)21-8-13(18)16-7-12(17)15(19)20-4/h5-6,12,17H,7-8H2,1-4H3,(H,16,18). The topological polar surface area (TPSA) is 84.9 Å². The Morgan fingerprint density at radius 2 is 1.81 bits per heavy atom. The van der Waals surface area contributed by atoms with Crippen molar-refractivity contribution in [3.63, 3.8) is 0 Å². The van der Waals surface area contributed by atoms with Gasteiger partial charge >= 0.3 is 5.97 Å². The average Bonchev–Trinajstić information content (AvgIpc) is 2.42. The number of ether oxygens (including phenoxy) is 2. The Balaban J connectivity index is 2.49. The van der Waals surface area contributed by atoms with Gasteiger partial charge in [-0.25, -0.2) is 4.79 Å². The molecule has 0 radical (unpaired) electrons. The Morgan fingerprint density at radius 1 is 1.24 bits per heavy atom. The lowest BCUT2D eigenvalue weighted by molar-refractivity contribution is -0.150. The highest BCUT2D eigenvalue weighted by Crippen LogP contribution is 2.24. The van der Waals surface area contributed by atoms with Crippen LogP contribution in [0.3, 0.4) is 0 Å². The summed E-state index contributed by atoms with van der Waals surface area (Å²) in [6, 6.07) is 3.95. The highest BCUT2D eigenvalue weighted by atomic mass is 16.5. The molecule has 0 aliphatic carbocycles. The number of hydrogen-bond donors (Lipinski definition) is 2. The molecule has 0 heterocycles. The van der Waals surface area contributed by atoms with Crippen molar-refractivity contribution < 1.29 is 24.2 Å². The largest absolute Gasteiger partial charge is 0.483 e. The van der Waals surface area contributed by atoms with Gasteiger partial charge in [-0.3, -0.25) is 4.79 Å². The Kier molecular flexibility index (Phi) is 6.17. The van der Waals surface area contributed by atoms with E-state index in [-0.39, 0.29) is 13.2 Å². The van der Waals surface area contributed by atoms with Crippen LogP contribution in [0.15, 0.2) is 12.1 Å². The smallest absolute Gasteiger partial charge is 0.336 e. The first-order valence-electron chi connectivity index (χ1n) is 6.58. The lowest BCUT2D eigenvalue weighted by Gasteiger charge is -2.14. The van der Waals surface area contributed by atoms with Gasteiger partial charge in [0.15, 0.2) is 12.7 Å². The number of hydrogen-bond acceptors (Lipinski definition) is 5. The third kappa shape index (κ3) is 5.07. The zero-order valence-corrected chi connectivity index (χ0v) is 12.7. The van der Waals surface area contributed by atoms with Gasteiger partial charge in [-0.05, 0) is 31.9 Å². The van der Waals surface area contributed by atoms with Crippen LogP contribution in [-0.2, 0) is 14.3 Å². The molecule has 0 saturated carbocycles. The van der Waals surface area contributed by atoms with Gasteiger partial charge in [0, 0.05) is 0 Å². The molecule has 1 aromatic carbocycles. The Morgan fingerprint density at radius 3 is 2.33 bits per heavy atom. The molecule has 21 heavy (non-hydrogen) atoms. The summed E-state index contributed by atoms with van der Waals surface area (Å²) in [6.45, 7) is 5.42. The Hall–Kier alpha value is -2.08. The summed E-state index contributed by atoms with van der Waals surface area (Å²) in [5.41, 5.74) is 3.03. The highest BCUT2D eigenvalue weighted by Gasteiger charge is 2.16. The van der Waals surface area contributed by atoms with Crippen LogP contribution in [-0.4, -0.2) is 43.3 Å². The van der Waals surface area contributed by atoms with E-state index in [4.69, 9.17) is 4.74 Å². The maximum absolute atomic E-state index is 11.6.